The molecule has 8 heteroatoms. The van der Waals surface area contributed by atoms with Crippen molar-refractivity contribution in [3.63, 3.8) is 0 Å². The summed E-state index contributed by atoms with van der Waals surface area (Å²) in [6.07, 6.45) is 0.811. The van der Waals surface area contributed by atoms with E-state index in [1.807, 2.05) is 23.6 Å². The molecule has 1 fully saturated rings. The van der Waals surface area contributed by atoms with Crippen LogP contribution in [0.3, 0.4) is 0 Å². The van der Waals surface area contributed by atoms with E-state index < -0.39 is 5.82 Å². The van der Waals surface area contributed by atoms with Crippen molar-refractivity contribution in [2.45, 2.75) is 12.5 Å². The Balaban J connectivity index is 1.40. The molecule has 26 heavy (non-hydrogen) atoms. The highest BCUT2D eigenvalue weighted by Gasteiger charge is 2.26. The molecule has 0 bridgehead atoms. The van der Waals surface area contributed by atoms with Crippen molar-refractivity contribution < 1.29 is 9.18 Å². The first-order chi connectivity index (χ1) is 12.6. The van der Waals surface area contributed by atoms with Crippen molar-refractivity contribution in [2.24, 2.45) is 0 Å². The third-order valence-corrected chi connectivity index (χ3v) is 5.59. The summed E-state index contributed by atoms with van der Waals surface area (Å²) >= 11 is 7.62. The summed E-state index contributed by atoms with van der Waals surface area (Å²) in [4.78, 5) is 15.6. The maximum atomic E-state index is 13.1. The Morgan fingerprint density at radius 1 is 1.38 bits per heavy atom. The number of rotatable bonds is 4. The molecule has 134 valence electrons. The number of hydrogen-bond donors (Lipinski definition) is 2. The molecule has 1 aliphatic heterocycles. The Hall–Kier alpha value is -2.38. The van der Waals surface area contributed by atoms with Crippen LogP contribution < -0.4 is 10.2 Å². The van der Waals surface area contributed by atoms with Crippen LogP contribution in [0.25, 0.3) is 10.6 Å². The molecule has 2 N–H and O–H groups in total. The van der Waals surface area contributed by atoms with Crippen LogP contribution in [0.1, 0.15) is 16.8 Å². The minimum Gasteiger partial charge on any atom is -0.353 e. The normalized spacial score (nSPS) is 16.8. The zero-order valence-corrected chi connectivity index (χ0v) is 15.3. The molecule has 0 saturated carbocycles. The van der Waals surface area contributed by atoms with Crippen LogP contribution in [0.5, 0.6) is 0 Å². The number of aromatic amines is 1. The molecule has 0 radical (unpaired) electrons. The number of anilines is 1. The van der Waals surface area contributed by atoms with Crippen molar-refractivity contribution in [3.05, 3.63) is 58.2 Å². The predicted molar refractivity (Wildman–Crippen MR) is 101 cm³/mol. The van der Waals surface area contributed by atoms with E-state index in [0.717, 1.165) is 35.4 Å². The van der Waals surface area contributed by atoms with E-state index in [1.54, 1.807) is 11.3 Å². The molecule has 1 saturated heterocycles. The minimum atomic E-state index is -0.460. The summed E-state index contributed by atoms with van der Waals surface area (Å²) in [5, 5.41) is 12.5. The van der Waals surface area contributed by atoms with E-state index in [0.29, 0.717) is 6.54 Å². The second kappa shape index (κ2) is 7.09. The van der Waals surface area contributed by atoms with Crippen molar-refractivity contribution in [2.75, 3.05) is 18.0 Å². The molecule has 3 aromatic rings. The number of H-pyrrole nitrogens is 1. The van der Waals surface area contributed by atoms with Crippen LogP contribution in [0.15, 0.2) is 41.8 Å². The van der Waals surface area contributed by atoms with Gasteiger partial charge in [0, 0.05) is 25.2 Å². The number of nitrogens with zero attached hydrogens (tertiary/aromatic N) is 2. The molecule has 1 unspecified atom stereocenters. The molecule has 4 rings (SSSR count). The Bertz CT molecular complexity index is 927. The lowest BCUT2D eigenvalue weighted by Gasteiger charge is -2.16. The number of aromatic nitrogens is 2. The van der Waals surface area contributed by atoms with E-state index in [9.17, 15) is 9.18 Å². The Morgan fingerprint density at radius 2 is 2.27 bits per heavy atom. The van der Waals surface area contributed by atoms with Gasteiger partial charge >= 0.3 is 0 Å². The van der Waals surface area contributed by atoms with Crippen LogP contribution in [-0.4, -0.2) is 35.2 Å². The molecule has 2 aromatic heterocycles. The van der Waals surface area contributed by atoms with Gasteiger partial charge in [-0.1, -0.05) is 17.7 Å². The van der Waals surface area contributed by atoms with Gasteiger partial charge in [0.05, 0.1) is 21.2 Å². The van der Waals surface area contributed by atoms with Crippen LogP contribution >= 0.6 is 22.9 Å². The summed E-state index contributed by atoms with van der Waals surface area (Å²) < 4.78 is 13.1. The van der Waals surface area contributed by atoms with Crippen LogP contribution in [0, 0.1) is 5.82 Å². The second-order valence-corrected chi connectivity index (χ2v) is 7.50. The van der Waals surface area contributed by atoms with Crippen molar-refractivity contribution in [1.82, 2.24) is 15.5 Å². The fraction of sp³-hybridized carbons (Fsp3) is 0.222. The van der Waals surface area contributed by atoms with E-state index in [2.05, 4.69) is 20.4 Å². The number of carbonyl (C=O) groups excluding carboxylic acids is 1. The fourth-order valence-corrected chi connectivity index (χ4v) is 4.00. The first-order valence-electron chi connectivity index (χ1n) is 8.20. The lowest BCUT2D eigenvalue weighted by atomic mass is 10.2. The highest BCUT2D eigenvalue weighted by atomic mass is 35.5. The number of halogens is 2. The zero-order valence-electron chi connectivity index (χ0n) is 13.7. The summed E-state index contributed by atoms with van der Waals surface area (Å²) in [7, 11) is 0. The molecule has 5 nitrogen and oxygen atoms in total. The number of benzene rings is 1. The third kappa shape index (κ3) is 3.45. The number of hydrogen-bond acceptors (Lipinski definition) is 4. The standard InChI is InChI=1S/C18H16ClFN4OS/c19-14-8-11(20)3-4-13(14)18(25)21-12-5-6-24(10-12)17-9-15(22-23-17)16-2-1-7-26-16/h1-4,7-9,12H,5-6,10H2,(H,21,25)(H,22,23). The lowest BCUT2D eigenvalue weighted by molar-refractivity contribution is 0.0940. The van der Waals surface area contributed by atoms with E-state index in [4.69, 9.17) is 11.6 Å². The van der Waals surface area contributed by atoms with Gasteiger partial charge < -0.3 is 10.2 Å². The summed E-state index contributed by atoms with van der Waals surface area (Å²) in [6, 6.07) is 9.84. The lowest BCUT2D eigenvalue weighted by Crippen LogP contribution is -2.37. The quantitative estimate of drug-likeness (QED) is 0.709. The fourth-order valence-electron chi connectivity index (χ4n) is 3.05. The average molecular weight is 391 g/mol. The summed E-state index contributed by atoms with van der Waals surface area (Å²) in [5.41, 5.74) is 1.27. The first kappa shape index (κ1) is 17.1. The number of carbonyl (C=O) groups is 1. The topological polar surface area (TPSA) is 61.0 Å². The van der Waals surface area contributed by atoms with Gasteiger partial charge in [0.25, 0.3) is 5.91 Å². The first-order valence-corrected chi connectivity index (χ1v) is 9.46. The van der Waals surface area contributed by atoms with Crippen LogP contribution in [0.4, 0.5) is 10.2 Å². The Kier molecular flexibility index (Phi) is 4.65. The summed E-state index contributed by atoms with van der Waals surface area (Å²) in [6.45, 7) is 1.47. The van der Waals surface area contributed by atoms with Gasteiger partial charge in [0.2, 0.25) is 0 Å². The van der Waals surface area contributed by atoms with E-state index >= 15 is 0 Å². The van der Waals surface area contributed by atoms with Gasteiger partial charge in [0.15, 0.2) is 5.82 Å². The van der Waals surface area contributed by atoms with Crippen LogP contribution in [-0.2, 0) is 0 Å². The maximum Gasteiger partial charge on any atom is 0.253 e. The SMILES string of the molecule is O=C(NC1CCN(c2cc(-c3cccs3)[nH]n2)C1)c1ccc(F)cc1Cl. The van der Waals surface area contributed by atoms with Crippen molar-refractivity contribution in [3.8, 4) is 10.6 Å². The number of nitrogens with one attached hydrogen (secondary N) is 2. The number of amides is 1. The summed E-state index contributed by atoms with van der Waals surface area (Å²) in [5.74, 6) is 0.117. The van der Waals surface area contributed by atoms with Gasteiger partial charge in [-0.2, -0.15) is 5.10 Å². The highest BCUT2D eigenvalue weighted by molar-refractivity contribution is 7.13. The molecular formula is C18H16ClFN4OS. The minimum absolute atomic E-state index is 0.00879. The monoisotopic (exact) mass is 390 g/mol. The molecule has 3 heterocycles. The molecule has 1 amide bonds. The van der Waals surface area contributed by atoms with E-state index in [1.165, 1.54) is 12.1 Å². The molecular weight excluding hydrogens is 375 g/mol. The predicted octanol–water partition coefficient (Wildman–Crippen LogP) is 3.94. The Morgan fingerprint density at radius 3 is 3.04 bits per heavy atom. The maximum absolute atomic E-state index is 13.1. The molecule has 0 aliphatic carbocycles. The van der Waals surface area contributed by atoms with Gasteiger partial charge in [-0.15, -0.1) is 11.3 Å². The third-order valence-electron chi connectivity index (χ3n) is 4.37. The Labute approximate surface area is 158 Å². The highest BCUT2D eigenvalue weighted by Crippen LogP contribution is 2.27. The largest absolute Gasteiger partial charge is 0.353 e. The average Bonchev–Trinajstić information content (AvgIpc) is 3.35. The van der Waals surface area contributed by atoms with Gasteiger partial charge in [-0.25, -0.2) is 4.39 Å². The van der Waals surface area contributed by atoms with Gasteiger partial charge in [0.1, 0.15) is 5.82 Å². The second-order valence-electron chi connectivity index (χ2n) is 6.15. The molecule has 0 spiro atoms. The van der Waals surface area contributed by atoms with Crippen molar-refractivity contribution in [1.29, 1.82) is 0 Å². The number of thiophene rings is 1. The molecule has 1 aliphatic rings. The molecule has 1 atom stereocenters. The smallest absolute Gasteiger partial charge is 0.253 e. The van der Waals surface area contributed by atoms with Crippen molar-refractivity contribution >= 4 is 34.7 Å². The van der Waals surface area contributed by atoms with Crippen LogP contribution in [0.2, 0.25) is 5.02 Å². The molecule has 1 aromatic carbocycles. The van der Waals surface area contributed by atoms with Gasteiger partial charge in [-0.05, 0) is 36.1 Å². The van der Waals surface area contributed by atoms with Gasteiger partial charge in [-0.3, -0.25) is 9.89 Å². The zero-order chi connectivity index (χ0) is 18.1. The van der Waals surface area contributed by atoms with E-state index in [-0.39, 0.29) is 22.5 Å².